The molecule has 0 radical (unpaired) electrons. The van der Waals surface area contributed by atoms with Gasteiger partial charge in [-0.2, -0.15) is 4.39 Å². The number of esters is 1. The van der Waals surface area contributed by atoms with Crippen LogP contribution >= 0.6 is 0 Å². The number of ether oxygens (including phenoxy) is 1. The van der Waals surface area contributed by atoms with Crippen LogP contribution in [0.2, 0.25) is 0 Å². The molecule has 0 N–H and O–H groups in total. The monoisotopic (exact) mass is 298 g/mol. The zero-order valence-corrected chi connectivity index (χ0v) is 11.7. The average molecular weight is 298 g/mol. The van der Waals surface area contributed by atoms with Crippen LogP contribution in [0, 0.1) is 15.9 Å². The number of benzene rings is 1. The van der Waals surface area contributed by atoms with Gasteiger partial charge in [0.1, 0.15) is 0 Å². The molecule has 1 amide bonds. The molecule has 0 spiro atoms. The number of amides is 1. The lowest BCUT2D eigenvalue weighted by molar-refractivity contribution is -0.387. The Morgan fingerprint density at radius 3 is 2.67 bits per heavy atom. The first kappa shape index (κ1) is 16.5. The maximum Gasteiger partial charge on any atom is 0.305 e. The van der Waals surface area contributed by atoms with E-state index in [0.29, 0.717) is 6.42 Å². The van der Waals surface area contributed by atoms with Crippen molar-refractivity contribution in [2.24, 2.45) is 0 Å². The topological polar surface area (TPSA) is 89.8 Å². The number of rotatable bonds is 6. The smallest absolute Gasteiger partial charge is 0.305 e. The van der Waals surface area contributed by atoms with Gasteiger partial charge in [-0.25, -0.2) is 0 Å². The Hall–Kier alpha value is -2.51. The molecule has 0 fully saturated rings. The van der Waals surface area contributed by atoms with Gasteiger partial charge >= 0.3 is 11.7 Å². The van der Waals surface area contributed by atoms with E-state index in [1.807, 2.05) is 0 Å². The molecule has 21 heavy (non-hydrogen) atoms. The van der Waals surface area contributed by atoms with Crippen LogP contribution in [0.3, 0.4) is 0 Å². The van der Waals surface area contributed by atoms with Crippen LogP contribution in [0.15, 0.2) is 18.2 Å². The molecule has 1 aromatic carbocycles. The van der Waals surface area contributed by atoms with E-state index in [1.54, 1.807) is 0 Å². The van der Waals surface area contributed by atoms with Gasteiger partial charge in [0.15, 0.2) is 0 Å². The standard InChI is InChI=1S/C13H15FN2O5/c1-15(7-3-4-12(17)21-2)13(18)9-5-6-10(14)11(8-9)16(19)20/h5-6,8H,3-4,7H2,1-2H3. The third-order valence-electron chi connectivity index (χ3n) is 2.84. The molecule has 0 aliphatic carbocycles. The molecule has 0 aromatic heterocycles. The van der Waals surface area contributed by atoms with Crippen molar-refractivity contribution in [3.8, 4) is 0 Å². The van der Waals surface area contributed by atoms with Crippen molar-refractivity contribution in [1.82, 2.24) is 4.90 Å². The minimum atomic E-state index is -0.995. The van der Waals surface area contributed by atoms with E-state index >= 15 is 0 Å². The molecule has 0 saturated carbocycles. The van der Waals surface area contributed by atoms with E-state index in [0.717, 1.165) is 12.1 Å². The number of nitrogens with zero attached hydrogens (tertiary/aromatic N) is 2. The zero-order chi connectivity index (χ0) is 16.0. The highest BCUT2D eigenvalue weighted by Gasteiger charge is 2.19. The zero-order valence-electron chi connectivity index (χ0n) is 11.7. The second-order valence-electron chi connectivity index (χ2n) is 4.33. The summed E-state index contributed by atoms with van der Waals surface area (Å²) >= 11 is 0. The van der Waals surface area contributed by atoms with Gasteiger partial charge in [-0.1, -0.05) is 0 Å². The number of nitro groups is 1. The van der Waals surface area contributed by atoms with Gasteiger partial charge in [0, 0.05) is 31.6 Å². The Morgan fingerprint density at radius 2 is 2.10 bits per heavy atom. The van der Waals surface area contributed by atoms with Gasteiger partial charge in [-0.05, 0) is 18.6 Å². The summed E-state index contributed by atoms with van der Waals surface area (Å²) in [4.78, 5) is 34.0. The highest BCUT2D eigenvalue weighted by atomic mass is 19.1. The van der Waals surface area contributed by atoms with Crippen molar-refractivity contribution in [1.29, 1.82) is 0 Å². The van der Waals surface area contributed by atoms with Gasteiger partial charge in [0.05, 0.1) is 12.0 Å². The number of methoxy groups -OCH3 is 1. The molecular formula is C13H15FN2O5. The first-order valence-electron chi connectivity index (χ1n) is 6.13. The molecular weight excluding hydrogens is 283 g/mol. The lowest BCUT2D eigenvalue weighted by Crippen LogP contribution is -2.28. The van der Waals surface area contributed by atoms with Crippen LogP contribution in [0.5, 0.6) is 0 Å². The van der Waals surface area contributed by atoms with Gasteiger partial charge in [-0.15, -0.1) is 0 Å². The molecule has 8 heteroatoms. The molecule has 1 rings (SSSR count). The predicted octanol–water partition coefficient (Wildman–Crippen LogP) is 1.76. The molecule has 114 valence electrons. The number of carbonyl (C=O) groups excluding carboxylic acids is 2. The van der Waals surface area contributed by atoms with E-state index in [4.69, 9.17) is 0 Å². The second kappa shape index (κ2) is 7.32. The SMILES string of the molecule is COC(=O)CCCN(C)C(=O)c1ccc(F)c([N+](=O)[O-])c1. The van der Waals surface area contributed by atoms with Crippen molar-refractivity contribution in [3.05, 3.63) is 39.7 Å². The van der Waals surface area contributed by atoms with Crippen molar-refractivity contribution in [2.45, 2.75) is 12.8 Å². The number of halogens is 1. The van der Waals surface area contributed by atoms with Crippen LogP contribution in [0.4, 0.5) is 10.1 Å². The summed E-state index contributed by atoms with van der Waals surface area (Å²) in [6.07, 6.45) is 0.565. The van der Waals surface area contributed by atoms with Crippen LogP contribution in [0.1, 0.15) is 23.2 Å². The normalized spacial score (nSPS) is 10.0. The number of hydrogen-bond acceptors (Lipinski definition) is 5. The summed E-state index contributed by atoms with van der Waals surface area (Å²) in [5.74, 6) is -1.86. The minimum absolute atomic E-state index is 0.0173. The van der Waals surface area contributed by atoms with E-state index < -0.39 is 22.3 Å². The molecule has 0 heterocycles. The fraction of sp³-hybridized carbons (Fsp3) is 0.385. The highest BCUT2D eigenvalue weighted by molar-refractivity contribution is 5.94. The van der Waals surface area contributed by atoms with E-state index in [2.05, 4.69) is 4.74 Å². The quantitative estimate of drug-likeness (QED) is 0.453. The van der Waals surface area contributed by atoms with Gasteiger partial charge in [-0.3, -0.25) is 19.7 Å². The molecule has 0 aliphatic rings. The van der Waals surface area contributed by atoms with Crippen molar-refractivity contribution < 1.29 is 23.6 Å². The van der Waals surface area contributed by atoms with E-state index in [-0.39, 0.29) is 24.5 Å². The van der Waals surface area contributed by atoms with Crippen LogP contribution in [0.25, 0.3) is 0 Å². The minimum Gasteiger partial charge on any atom is -0.469 e. The summed E-state index contributed by atoms with van der Waals surface area (Å²) in [6, 6.07) is 2.96. The van der Waals surface area contributed by atoms with Crippen LogP contribution < -0.4 is 0 Å². The van der Waals surface area contributed by atoms with Crippen LogP contribution in [-0.4, -0.2) is 42.4 Å². The molecule has 0 saturated heterocycles. The van der Waals surface area contributed by atoms with E-state index in [1.165, 1.54) is 25.1 Å². The summed E-state index contributed by atoms with van der Waals surface area (Å²) in [5.41, 5.74) is -0.729. The van der Waals surface area contributed by atoms with Gasteiger partial charge in [0.2, 0.25) is 5.82 Å². The molecule has 0 atom stereocenters. The maximum atomic E-state index is 13.2. The maximum absolute atomic E-state index is 13.2. The lowest BCUT2D eigenvalue weighted by Gasteiger charge is -2.16. The fourth-order valence-electron chi connectivity index (χ4n) is 1.67. The predicted molar refractivity (Wildman–Crippen MR) is 71.3 cm³/mol. The number of nitro benzene ring substituents is 1. The third kappa shape index (κ3) is 4.51. The van der Waals surface area contributed by atoms with Crippen molar-refractivity contribution in [3.63, 3.8) is 0 Å². The fourth-order valence-corrected chi connectivity index (χ4v) is 1.67. The summed E-state index contributed by atoms with van der Waals surface area (Å²) in [5, 5.41) is 10.6. The number of carbonyl (C=O) groups is 2. The molecule has 1 aromatic rings. The average Bonchev–Trinajstić information content (AvgIpc) is 2.46. The van der Waals surface area contributed by atoms with Crippen molar-refractivity contribution in [2.75, 3.05) is 20.7 Å². The Labute approximate surface area is 120 Å². The lowest BCUT2D eigenvalue weighted by atomic mass is 10.1. The van der Waals surface area contributed by atoms with E-state index in [9.17, 15) is 24.1 Å². The second-order valence-corrected chi connectivity index (χ2v) is 4.33. The first-order chi connectivity index (χ1) is 9.86. The van der Waals surface area contributed by atoms with Crippen molar-refractivity contribution >= 4 is 17.6 Å². The Balaban J connectivity index is 2.72. The number of hydrogen-bond donors (Lipinski definition) is 0. The Bertz CT molecular complexity index is 561. The van der Waals surface area contributed by atoms with Gasteiger partial charge in [0.25, 0.3) is 5.91 Å². The van der Waals surface area contributed by atoms with Gasteiger partial charge < -0.3 is 9.64 Å². The summed E-state index contributed by atoms with van der Waals surface area (Å²) < 4.78 is 17.7. The molecule has 0 aliphatic heterocycles. The Morgan fingerprint density at radius 1 is 1.43 bits per heavy atom. The third-order valence-corrected chi connectivity index (χ3v) is 2.84. The Kier molecular flexibility index (Phi) is 5.77. The largest absolute Gasteiger partial charge is 0.469 e. The summed E-state index contributed by atoms with van der Waals surface area (Å²) in [7, 11) is 2.77. The molecule has 0 bridgehead atoms. The first-order valence-corrected chi connectivity index (χ1v) is 6.13. The highest BCUT2D eigenvalue weighted by Crippen LogP contribution is 2.19. The van der Waals surface area contributed by atoms with Crippen LogP contribution in [-0.2, 0) is 9.53 Å². The molecule has 0 unspecified atom stereocenters. The molecule has 7 nitrogen and oxygen atoms in total. The summed E-state index contributed by atoms with van der Waals surface area (Å²) in [6.45, 7) is 0.277.